The van der Waals surface area contributed by atoms with Crippen molar-refractivity contribution in [2.24, 2.45) is 5.73 Å². The topological polar surface area (TPSA) is 41.7 Å². The first-order chi connectivity index (χ1) is 10.3. The van der Waals surface area contributed by atoms with Crippen molar-refractivity contribution in [3.8, 4) is 17.6 Å². The number of rotatable bonds is 4. The molecule has 0 amide bonds. The van der Waals surface area contributed by atoms with Gasteiger partial charge in [-0.2, -0.15) is 0 Å². The number of hydrogen-bond acceptors (Lipinski definition) is 4. The van der Waals surface area contributed by atoms with Crippen LogP contribution in [0, 0.1) is 11.8 Å². The van der Waals surface area contributed by atoms with Crippen LogP contribution in [0.15, 0.2) is 18.2 Å². The summed E-state index contributed by atoms with van der Waals surface area (Å²) in [6, 6.07) is 6.24. The van der Waals surface area contributed by atoms with Crippen LogP contribution in [0.25, 0.3) is 0 Å². The molecule has 114 valence electrons. The SMILES string of the molecule is CCN1CCN(Cc2ccc(OC)c(C#CCN)c2)CC1. The minimum absolute atomic E-state index is 0.367. The van der Waals surface area contributed by atoms with E-state index in [0.29, 0.717) is 6.54 Å². The van der Waals surface area contributed by atoms with Gasteiger partial charge in [0.25, 0.3) is 0 Å². The molecule has 0 aliphatic carbocycles. The number of benzene rings is 1. The lowest BCUT2D eigenvalue weighted by Gasteiger charge is -2.34. The second-order valence-electron chi connectivity index (χ2n) is 5.25. The van der Waals surface area contributed by atoms with E-state index in [9.17, 15) is 0 Å². The molecule has 1 aliphatic rings. The molecule has 0 atom stereocenters. The number of piperazine rings is 1. The van der Waals surface area contributed by atoms with Crippen LogP contribution in [0.3, 0.4) is 0 Å². The first-order valence-electron chi connectivity index (χ1n) is 7.57. The summed E-state index contributed by atoms with van der Waals surface area (Å²) >= 11 is 0. The molecule has 0 bridgehead atoms. The highest BCUT2D eigenvalue weighted by molar-refractivity contribution is 5.48. The van der Waals surface area contributed by atoms with E-state index in [1.807, 2.05) is 6.07 Å². The zero-order valence-electron chi connectivity index (χ0n) is 13.1. The fourth-order valence-electron chi connectivity index (χ4n) is 2.62. The van der Waals surface area contributed by atoms with Crippen LogP contribution >= 0.6 is 0 Å². The summed E-state index contributed by atoms with van der Waals surface area (Å²) in [5.74, 6) is 6.81. The Bertz CT molecular complexity index is 511. The van der Waals surface area contributed by atoms with Crippen molar-refractivity contribution in [2.75, 3.05) is 46.4 Å². The molecule has 1 aliphatic heterocycles. The Labute approximate surface area is 127 Å². The van der Waals surface area contributed by atoms with Crippen LogP contribution < -0.4 is 10.5 Å². The predicted octanol–water partition coefficient (Wildman–Crippen LogP) is 1.14. The van der Waals surface area contributed by atoms with Gasteiger partial charge in [-0.25, -0.2) is 0 Å². The largest absolute Gasteiger partial charge is 0.495 e. The molecule has 1 heterocycles. The monoisotopic (exact) mass is 287 g/mol. The van der Waals surface area contributed by atoms with Crippen molar-refractivity contribution in [1.29, 1.82) is 0 Å². The molecule has 1 aromatic carbocycles. The lowest BCUT2D eigenvalue weighted by atomic mass is 10.1. The maximum absolute atomic E-state index is 5.45. The first-order valence-corrected chi connectivity index (χ1v) is 7.57. The van der Waals surface area contributed by atoms with Crippen molar-refractivity contribution in [2.45, 2.75) is 13.5 Å². The molecule has 2 N–H and O–H groups in total. The fourth-order valence-corrected chi connectivity index (χ4v) is 2.62. The van der Waals surface area contributed by atoms with Gasteiger partial charge in [0.05, 0.1) is 19.2 Å². The Morgan fingerprint density at radius 2 is 1.90 bits per heavy atom. The summed E-state index contributed by atoms with van der Waals surface area (Å²) in [5.41, 5.74) is 7.66. The zero-order chi connectivity index (χ0) is 15.1. The number of nitrogens with zero attached hydrogens (tertiary/aromatic N) is 2. The average molecular weight is 287 g/mol. The zero-order valence-corrected chi connectivity index (χ0v) is 13.1. The summed E-state index contributed by atoms with van der Waals surface area (Å²) in [5, 5.41) is 0. The van der Waals surface area contributed by atoms with Crippen LogP contribution in [0.4, 0.5) is 0 Å². The van der Waals surface area contributed by atoms with E-state index in [1.54, 1.807) is 7.11 Å². The molecule has 1 fully saturated rings. The van der Waals surface area contributed by atoms with Gasteiger partial charge in [0.1, 0.15) is 5.75 Å². The van der Waals surface area contributed by atoms with Crippen molar-refractivity contribution in [1.82, 2.24) is 9.80 Å². The molecule has 0 aromatic heterocycles. The van der Waals surface area contributed by atoms with E-state index in [1.165, 1.54) is 5.56 Å². The standard InChI is InChI=1S/C17H25N3O/c1-3-19-9-11-20(12-10-19)14-15-6-7-17(21-2)16(13-15)5-4-8-18/h6-7,13H,3,8-12,14,18H2,1-2H3. The van der Waals surface area contributed by atoms with E-state index in [4.69, 9.17) is 10.5 Å². The normalized spacial score (nSPS) is 16.3. The molecule has 0 unspecified atom stereocenters. The minimum Gasteiger partial charge on any atom is -0.495 e. The molecule has 21 heavy (non-hydrogen) atoms. The lowest BCUT2D eigenvalue weighted by Crippen LogP contribution is -2.45. The van der Waals surface area contributed by atoms with Gasteiger partial charge in [-0.3, -0.25) is 4.90 Å². The van der Waals surface area contributed by atoms with E-state index >= 15 is 0 Å². The second kappa shape index (κ2) is 8.04. The Kier molecular flexibility index (Phi) is 6.06. The summed E-state index contributed by atoms with van der Waals surface area (Å²) < 4.78 is 5.35. The highest BCUT2D eigenvalue weighted by atomic mass is 16.5. The van der Waals surface area contributed by atoms with Gasteiger partial charge in [0.15, 0.2) is 0 Å². The van der Waals surface area contributed by atoms with Gasteiger partial charge in [0.2, 0.25) is 0 Å². The van der Waals surface area contributed by atoms with Crippen molar-refractivity contribution in [3.63, 3.8) is 0 Å². The second-order valence-corrected chi connectivity index (χ2v) is 5.25. The van der Waals surface area contributed by atoms with E-state index in [-0.39, 0.29) is 0 Å². The van der Waals surface area contributed by atoms with Gasteiger partial charge in [-0.05, 0) is 24.2 Å². The number of methoxy groups -OCH3 is 1. The van der Waals surface area contributed by atoms with E-state index in [2.05, 4.69) is 40.7 Å². The average Bonchev–Trinajstić information content (AvgIpc) is 2.54. The van der Waals surface area contributed by atoms with Crippen LogP contribution in [0.2, 0.25) is 0 Å². The third kappa shape index (κ3) is 4.47. The van der Waals surface area contributed by atoms with Crippen molar-refractivity contribution in [3.05, 3.63) is 29.3 Å². The smallest absolute Gasteiger partial charge is 0.134 e. The first kappa shape index (κ1) is 15.8. The molecule has 2 rings (SSSR count). The molecular weight excluding hydrogens is 262 g/mol. The molecule has 4 heteroatoms. The highest BCUT2D eigenvalue weighted by Crippen LogP contribution is 2.20. The lowest BCUT2D eigenvalue weighted by molar-refractivity contribution is 0.132. The van der Waals surface area contributed by atoms with Crippen LogP contribution in [-0.2, 0) is 6.54 Å². The molecule has 0 saturated carbocycles. The third-order valence-electron chi connectivity index (χ3n) is 3.91. The Morgan fingerprint density at radius 1 is 1.19 bits per heavy atom. The van der Waals surface area contributed by atoms with Gasteiger partial charge in [0, 0.05) is 32.7 Å². The van der Waals surface area contributed by atoms with Crippen molar-refractivity contribution >= 4 is 0 Å². The maximum atomic E-state index is 5.45. The van der Waals surface area contributed by atoms with Crippen molar-refractivity contribution < 1.29 is 4.74 Å². The Morgan fingerprint density at radius 3 is 2.52 bits per heavy atom. The molecule has 1 aromatic rings. The van der Waals surface area contributed by atoms with E-state index < -0.39 is 0 Å². The van der Waals surface area contributed by atoms with Crippen LogP contribution in [-0.4, -0.2) is 56.2 Å². The number of hydrogen-bond donors (Lipinski definition) is 1. The summed E-state index contributed by atoms with van der Waals surface area (Å²) in [4.78, 5) is 4.98. The molecule has 0 radical (unpaired) electrons. The number of nitrogens with two attached hydrogens (primary N) is 1. The quantitative estimate of drug-likeness (QED) is 0.843. The maximum Gasteiger partial charge on any atom is 0.134 e. The molecule has 1 saturated heterocycles. The third-order valence-corrected chi connectivity index (χ3v) is 3.91. The summed E-state index contributed by atoms with van der Waals surface area (Å²) in [6.07, 6.45) is 0. The fraction of sp³-hybridized carbons (Fsp3) is 0.529. The molecule has 4 nitrogen and oxygen atoms in total. The predicted molar refractivity (Wildman–Crippen MR) is 86.3 cm³/mol. The minimum atomic E-state index is 0.367. The summed E-state index contributed by atoms with van der Waals surface area (Å²) in [6.45, 7) is 9.29. The number of likely N-dealkylation sites (N-methyl/N-ethyl adjacent to an activating group) is 1. The van der Waals surface area contributed by atoms with Crippen LogP contribution in [0.5, 0.6) is 5.75 Å². The summed E-state index contributed by atoms with van der Waals surface area (Å²) in [7, 11) is 1.67. The van der Waals surface area contributed by atoms with Gasteiger partial charge < -0.3 is 15.4 Å². The Hall–Kier alpha value is -1.54. The van der Waals surface area contributed by atoms with Crippen LogP contribution in [0.1, 0.15) is 18.1 Å². The van der Waals surface area contributed by atoms with Gasteiger partial charge >= 0.3 is 0 Å². The van der Waals surface area contributed by atoms with Gasteiger partial charge in [-0.15, -0.1) is 0 Å². The number of ether oxygens (including phenoxy) is 1. The highest BCUT2D eigenvalue weighted by Gasteiger charge is 2.15. The molecule has 0 spiro atoms. The van der Waals surface area contributed by atoms with Gasteiger partial charge in [-0.1, -0.05) is 24.8 Å². The van der Waals surface area contributed by atoms with E-state index in [0.717, 1.165) is 50.6 Å². The molecular formula is C17H25N3O. The Balaban J connectivity index is 2.03.